The maximum absolute atomic E-state index is 5.62. The molecule has 1 aliphatic rings. The summed E-state index contributed by atoms with van der Waals surface area (Å²) in [7, 11) is 0. The van der Waals surface area contributed by atoms with E-state index in [2.05, 4.69) is 9.89 Å². The van der Waals surface area contributed by atoms with E-state index in [1.807, 2.05) is 6.92 Å². The maximum atomic E-state index is 5.62. The number of hydrogen-bond acceptors (Lipinski definition) is 2. The third-order valence-electron chi connectivity index (χ3n) is 2.54. The van der Waals surface area contributed by atoms with Gasteiger partial charge in [-0.1, -0.05) is 13.3 Å². The van der Waals surface area contributed by atoms with Crippen molar-refractivity contribution in [3.63, 3.8) is 0 Å². The Morgan fingerprint density at radius 1 is 1.31 bits per heavy atom. The summed E-state index contributed by atoms with van der Waals surface area (Å²) in [6.07, 6.45) is 4.98. The molecule has 3 heteroatoms. The topological polar surface area (TPSA) is 41.6 Å². The first-order valence-electron chi connectivity index (χ1n) is 5.34. The SMILES string of the molecule is CCC(N)=NCCN1CCCCC1. The molecule has 0 aromatic carbocycles. The zero-order valence-electron chi connectivity index (χ0n) is 8.63. The molecule has 0 radical (unpaired) electrons. The van der Waals surface area contributed by atoms with Gasteiger partial charge in [-0.25, -0.2) is 0 Å². The van der Waals surface area contributed by atoms with E-state index in [1.54, 1.807) is 0 Å². The minimum absolute atomic E-state index is 0.789. The Kier molecular flexibility index (Phi) is 4.83. The highest BCUT2D eigenvalue weighted by atomic mass is 15.1. The number of piperidine rings is 1. The standard InChI is InChI=1S/C10H21N3/c1-2-10(11)12-6-9-13-7-4-3-5-8-13/h2-9H2,1H3,(H2,11,12). The number of rotatable bonds is 4. The van der Waals surface area contributed by atoms with Gasteiger partial charge in [0.25, 0.3) is 0 Å². The van der Waals surface area contributed by atoms with Crippen molar-refractivity contribution in [1.29, 1.82) is 0 Å². The molecule has 0 aromatic rings. The summed E-state index contributed by atoms with van der Waals surface area (Å²) in [4.78, 5) is 6.77. The molecule has 0 atom stereocenters. The molecule has 76 valence electrons. The molecule has 0 amide bonds. The molecule has 1 aliphatic heterocycles. The molecule has 0 bridgehead atoms. The van der Waals surface area contributed by atoms with Crippen LogP contribution in [0.1, 0.15) is 32.6 Å². The van der Waals surface area contributed by atoms with Crippen molar-refractivity contribution in [2.45, 2.75) is 32.6 Å². The van der Waals surface area contributed by atoms with Crippen molar-refractivity contribution in [1.82, 2.24) is 4.90 Å². The zero-order valence-corrected chi connectivity index (χ0v) is 8.63. The van der Waals surface area contributed by atoms with Crippen LogP contribution in [0.3, 0.4) is 0 Å². The highest BCUT2D eigenvalue weighted by molar-refractivity contribution is 5.79. The Morgan fingerprint density at radius 3 is 2.62 bits per heavy atom. The second kappa shape index (κ2) is 5.97. The van der Waals surface area contributed by atoms with Gasteiger partial charge in [0.05, 0.1) is 12.4 Å². The van der Waals surface area contributed by atoms with Gasteiger partial charge in [0.2, 0.25) is 0 Å². The number of nitrogens with two attached hydrogens (primary N) is 1. The lowest BCUT2D eigenvalue weighted by molar-refractivity contribution is 0.235. The van der Waals surface area contributed by atoms with Crippen LogP contribution in [0.25, 0.3) is 0 Å². The molecule has 3 nitrogen and oxygen atoms in total. The van der Waals surface area contributed by atoms with E-state index in [4.69, 9.17) is 5.73 Å². The predicted octanol–water partition coefficient (Wildman–Crippen LogP) is 1.24. The fraction of sp³-hybridized carbons (Fsp3) is 0.900. The van der Waals surface area contributed by atoms with Gasteiger partial charge in [0.15, 0.2) is 0 Å². The Morgan fingerprint density at radius 2 is 2.00 bits per heavy atom. The van der Waals surface area contributed by atoms with E-state index in [0.717, 1.165) is 25.3 Å². The summed E-state index contributed by atoms with van der Waals surface area (Å²) in [6.45, 7) is 6.50. The summed E-state index contributed by atoms with van der Waals surface area (Å²) < 4.78 is 0. The minimum atomic E-state index is 0.789. The van der Waals surface area contributed by atoms with Gasteiger partial charge in [-0.2, -0.15) is 0 Å². The molecule has 0 aromatic heterocycles. The molecule has 1 saturated heterocycles. The van der Waals surface area contributed by atoms with Gasteiger partial charge >= 0.3 is 0 Å². The Bertz CT molecular complexity index is 160. The van der Waals surface area contributed by atoms with Gasteiger partial charge in [0.1, 0.15) is 0 Å². The largest absolute Gasteiger partial charge is 0.387 e. The van der Waals surface area contributed by atoms with Gasteiger partial charge in [-0.05, 0) is 25.9 Å². The average Bonchev–Trinajstić information content (AvgIpc) is 2.19. The first-order chi connectivity index (χ1) is 6.33. The summed E-state index contributed by atoms with van der Waals surface area (Å²) >= 11 is 0. The van der Waals surface area contributed by atoms with E-state index < -0.39 is 0 Å². The number of amidine groups is 1. The van der Waals surface area contributed by atoms with Gasteiger partial charge in [-0.15, -0.1) is 0 Å². The molecule has 2 N–H and O–H groups in total. The Balaban J connectivity index is 2.10. The first-order valence-corrected chi connectivity index (χ1v) is 5.34. The third-order valence-corrected chi connectivity index (χ3v) is 2.54. The molecule has 13 heavy (non-hydrogen) atoms. The van der Waals surface area contributed by atoms with Crippen molar-refractivity contribution in [3.8, 4) is 0 Å². The van der Waals surface area contributed by atoms with Crippen LogP contribution in [-0.4, -0.2) is 36.9 Å². The monoisotopic (exact) mass is 183 g/mol. The van der Waals surface area contributed by atoms with Crippen molar-refractivity contribution in [2.75, 3.05) is 26.2 Å². The molecule has 1 rings (SSSR count). The smallest absolute Gasteiger partial charge is 0.0934 e. The summed E-state index contributed by atoms with van der Waals surface area (Å²) in [5.74, 6) is 0.789. The lowest BCUT2D eigenvalue weighted by Gasteiger charge is -2.25. The van der Waals surface area contributed by atoms with Crippen molar-refractivity contribution in [2.24, 2.45) is 10.7 Å². The van der Waals surface area contributed by atoms with E-state index in [-0.39, 0.29) is 0 Å². The fourth-order valence-electron chi connectivity index (χ4n) is 1.63. The lowest BCUT2D eigenvalue weighted by atomic mass is 10.1. The quantitative estimate of drug-likeness (QED) is 0.526. The number of nitrogens with zero attached hydrogens (tertiary/aromatic N) is 2. The van der Waals surface area contributed by atoms with Crippen LogP contribution in [0.15, 0.2) is 4.99 Å². The summed E-state index contributed by atoms with van der Waals surface area (Å²) in [5.41, 5.74) is 5.62. The molecular formula is C10H21N3. The number of hydrogen-bond donors (Lipinski definition) is 1. The predicted molar refractivity (Wildman–Crippen MR) is 57.1 cm³/mol. The van der Waals surface area contributed by atoms with Crippen LogP contribution in [0.4, 0.5) is 0 Å². The normalized spacial score (nSPS) is 20.5. The second-order valence-electron chi connectivity index (χ2n) is 3.63. The molecule has 0 unspecified atom stereocenters. The lowest BCUT2D eigenvalue weighted by Crippen LogP contribution is -2.32. The Hall–Kier alpha value is -0.570. The highest BCUT2D eigenvalue weighted by Crippen LogP contribution is 2.07. The number of aliphatic imine (C=N–C) groups is 1. The molecular weight excluding hydrogens is 162 g/mol. The van der Waals surface area contributed by atoms with Crippen LogP contribution >= 0.6 is 0 Å². The van der Waals surface area contributed by atoms with Gasteiger partial charge in [-0.3, -0.25) is 4.99 Å². The minimum Gasteiger partial charge on any atom is -0.387 e. The van der Waals surface area contributed by atoms with Gasteiger partial charge in [0, 0.05) is 13.0 Å². The maximum Gasteiger partial charge on any atom is 0.0934 e. The van der Waals surface area contributed by atoms with E-state index in [0.29, 0.717) is 0 Å². The molecule has 1 fully saturated rings. The van der Waals surface area contributed by atoms with Crippen LogP contribution in [0.2, 0.25) is 0 Å². The zero-order chi connectivity index (χ0) is 9.52. The molecule has 0 aliphatic carbocycles. The average molecular weight is 183 g/mol. The highest BCUT2D eigenvalue weighted by Gasteiger charge is 2.08. The van der Waals surface area contributed by atoms with Crippen molar-refractivity contribution < 1.29 is 0 Å². The fourth-order valence-corrected chi connectivity index (χ4v) is 1.63. The van der Waals surface area contributed by atoms with E-state index >= 15 is 0 Å². The molecule has 0 spiro atoms. The summed E-state index contributed by atoms with van der Waals surface area (Å²) in [6, 6.07) is 0. The second-order valence-corrected chi connectivity index (χ2v) is 3.63. The Labute approximate surface area is 81.0 Å². The van der Waals surface area contributed by atoms with E-state index in [9.17, 15) is 0 Å². The van der Waals surface area contributed by atoms with Crippen LogP contribution in [0, 0.1) is 0 Å². The van der Waals surface area contributed by atoms with Crippen molar-refractivity contribution in [3.05, 3.63) is 0 Å². The van der Waals surface area contributed by atoms with Crippen LogP contribution < -0.4 is 5.73 Å². The van der Waals surface area contributed by atoms with Crippen LogP contribution in [0.5, 0.6) is 0 Å². The first kappa shape index (κ1) is 10.5. The van der Waals surface area contributed by atoms with Crippen molar-refractivity contribution >= 4 is 5.84 Å². The summed E-state index contributed by atoms with van der Waals surface area (Å²) in [5, 5.41) is 0. The molecule has 1 heterocycles. The molecule has 0 saturated carbocycles. The van der Waals surface area contributed by atoms with E-state index in [1.165, 1.54) is 32.4 Å². The number of likely N-dealkylation sites (tertiary alicyclic amines) is 1. The van der Waals surface area contributed by atoms with Gasteiger partial charge < -0.3 is 10.6 Å². The third kappa shape index (κ3) is 4.27. The van der Waals surface area contributed by atoms with Crippen LogP contribution in [-0.2, 0) is 0 Å².